The molecule has 0 N–H and O–H groups in total. The van der Waals surface area contributed by atoms with E-state index in [2.05, 4.69) is 6.58 Å². The van der Waals surface area contributed by atoms with E-state index in [-0.39, 0.29) is 18.2 Å². The molecule has 0 amide bonds. The van der Waals surface area contributed by atoms with E-state index >= 15 is 0 Å². The number of hydrogen-bond acceptors (Lipinski definition) is 3. The summed E-state index contributed by atoms with van der Waals surface area (Å²) in [6.07, 6.45) is 3.07. The molecule has 1 fully saturated rings. The van der Waals surface area contributed by atoms with Gasteiger partial charge in [0.05, 0.1) is 6.42 Å². The summed E-state index contributed by atoms with van der Waals surface area (Å²) in [6.45, 7) is 3.54. The van der Waals surface area contributed by atoms with Gasteiger partial charge in [0.25, 0.3) is 0 Å². The molecule has 1 aliphatic heterocycles. The fraction of sp³-hybridized carbons (Fsp3) is 0.556. The molecule has 0 saturated carbocycles. The zero-order valence-electron chi connectivity index (χ0n) is 6.91. The van der Waals surface area contributed by atoms with E-state index in [1.165, 1.54) is 0 Å². The quantitative estimate of drug-likeness (QED) is 0.470. The number of allylic oxidation sites excluding steroid dienone is 1. The first-order valence-corrected chi connectivity index (χ1v) is 4.07. The second-order valence-corrected chi connectivity index (χ2v) is 2.81. The van der Waals surface area contributed by atoms with E-state index in [0.717, 1.165) is 0 Å². The maximum atomic E-state index is 11.1. The number of esters is 1. The fourth-order valence-electron chi connectivity index (χ4n) is 1.16. The lowest BCUT2D eigenvalue weighted by Gasteiger charge is -2.20. The summed E-state index contributed by atoms with van der Waals surface area (Å²) in [7, 11) is 0. The minimum absolute atomic E-state index is 0.0384. The average molecular weight is 168 g/mol. The van der Waals surface area contributed by atoms with Crippen molar-refractivity contribution in [3.8, 4) is 0 Å². The van der Waals surface area contributed by atoms with E-state index in [1.807, 2.05) is 0 Å². The van der Waals surface area contributed by atoms with Crippen LogP contribution in [0, 0.1) is 0 Å². The number of ketones is 1. The number of ether oxygens (including phenoxy) is 1. The van der Waals surface area contributed by atoms with Gasteiger partial charge >= 0.3 is 5.97 Å². The summed E-state index contributed by atoms with van der Waals surface area (Å²) in [6, 6.07) is 0. The molecular weight excluding hydrogens is 156 g/mol. The van der Waals surface area contributed by atoms with Crippen LogP contribution >= 0.6 is 0 Å². The van der Waals surface area contributed by atoms with Crippen LogP contribution in [0.3, 0.4) is 0 Å². The number of hydrogen-bond donors (Lipinski definition) is 0. The third-order valence-corrected chi connectivity index (χ3v) is 1.84. The molecule has 1 saturated heterocycles. The van der Waals surface area contributed by atoms with Crippen molar-refractivity contribution in [1.29, 1.82) is 0 Å². The largest absolute Gasteiger partial charge is 0.454 e. The monoisotopic (exact) mass is 168 g/mol. The third-order valence-electron chi connectivity index (χ3n) is 1.84. The van der Waals surface area contributed by atoms with Crippen LogP contribution in [-0.2, 0) is 14.3 Å². The van der Waals surface area contributed by atoms with E-state index in [1.54, 1.807) is 6.08 Å². The van der Waals surface area contributed by atoms with Crippen molar-refractivity contribution in [1.82, 2.24) is 0 Å². The Kier molecular flexibility index (Phi) is 3.02. The Labute approximate surface area is 71.4 Å². The first-order chi connectivity index (χ1) is 5.74. The fourth-order valence-corrected chi connectivity index (χ4v) is 1.16. The second kappa shape index (κ2) is 4.04. The Morgan fingerprint density at radius 2 is 2.25 bits per heavy atom. The molecule has 0 aromatic heterocycles. The Morgan fingerprint density at radius 1 is 1.50 bits per heavy atom. The van der Waals surface area contributed by atoms with Crippen molar-refractivity contribution < 1.29 is 14.3 Å². The zero-order chi connectivity index (χ0) is 8.97. The van der Waals surface area contributed by atoms with Gasteiger partial charge in [-0.2, -0.15) is 0 Å². The van der Waals surface area contributed by atoms with E-state index in [0.29, 0.717) is 19.3 Å². The number of rotatable bonds is 3. The molecule has 1 atom stereocenters. The number of cyclic esters (lactones) is 1. The van der Waals surface area contributed by atoms with Gasteiger partial charge in [0.1, 0.15) is 0 Å². The molecule has 1 rings (SSSR count). The lowest BCUT2D eigenvalue weighted by molar-refractivity contribution is -0.161. The number of carbonyl (C=O) groups excluding carboxylic acids is 2. The van der Waals surface area contributed by atoms with Gasteiger partial charge in [-0.05, 0) is 12.8 Å². The van der Waals surface area contributed by atoms with Gasteiger partial charge in [-0.3, -0.25) is 9.59 Å². The summed E-state index contributed by atoms with van der Waals surface area (Å²) in [4.78, 5) is 21.9. The summed E-state index contributed by atoms with van der Waals surface area (Å²) in [5, 5.41) is 0. The molecular formula is C9H12O3. The Morgan fingerprint density at radius 3 is 2.92 bits per heavy atom. The summed E-state index contributed by atoms with van der Waals surface area (Å²) >= 11 is 0. The smallest absolute Gasteiger partial charge is 0.306 e. The van der Waals surface area contributed by atoms with E-state index in [4.69, 9.17) is 4.74 Å². The van der Waals surface area contributed by atoms with Gasteiger partial charge in [-0.1, -0.05) is 6.08 Å². The van der Waals surface area contributed by atoms with Gasteiger partial charge in [0, 0.05) is 6.42 Å². The van der Waals surface area contributed by atoms with Crippen molar-refractivity contribution in [3.63, 3.8) is 0 Å². The molecule has 0 spiro atoms. The molecule has 0 aliphatic carbocycles. The Balaban J connectivity index is 2.43. The van der Waals surface area contributed by atoms with Gasteiger partial charge in [-0.25, -0.2) is 0 Å². The van der Waals surface area contributed by atoms with E-state index in [9.17, 15) is 9.59 Å². The third kappa shape index (κ3) is 2.19. The predicted molar refractivity (Wildman–Crippen MR) is 43.6 cm³/mol. The highest BCUT2D eigenvalue weighted by Crippen LogP contribution is 2.14. The van der Waals surface area contributed by atoms with Crippen LogP contribution in [-0.4, -0.2) is 17.9 Å². The van der Waals surface area contributed by atoms with Crippen molar-refractivity contribution in [3.05, 3.63) is 12.7 Å². The van der Waals surface area contributed by atoms with Crippen LogP contribution in [0.4, 0.5) is 0 Å². The lowest BCUT2D eigenvalue weighted by Crippen LogP contribution is -2.32. The molecule has 12 heavy (non-hydrogen) atoms. The van der Waals surface area contributed by atoms with Crippen LogP contribution in [0.25, 0.3) is 0 Å². The first-order valence-electron chi connectivity index (χ1n) is 4.07. The lowest BCUT2D eigenvalue weighted by atomic mass is 10.0. The molecule has 3 nitrogen and oxygen atoms in total. The van der Waals surface area contributed by atoms with Crippen molar-refractivity contribution in [2.24, 2.45) is 0 Å². The predicted octanol–water partition coefficient (Wildman–Crippen LogP) is 1.23. The molecule has 0 bridgehead atoms. The minimum atomic E-state index is -0.510. The molecule has 0 unspecified atom stereocenters. The maximum Gasteiger partial charge on any atom is 0.306 e. The summed E-state index contributed by atoms with van der Waals surface area (Å²) in [5.74, 6) is -0.222. The summed E-state index contributed by atoms with van der Waals surface area (Å²) in [5.41, 5.74) is 0. The van der Waals surface area contributed by atoms with Gasteiger partial charge < -0.3 is 4.74 Å². The van der Waals surface area contributed by atoms with Crippen molar-refractivity contribution >= 4 is 11.8 Å². The van der Waals surface area contributed by atoms with Crippen LogP contribution in [0.5, 0.6) is 0 Å². The molecule has 0 radical (unpaired) electrons. The molecule has 0 aromatic carbocycles. The van der Waals surface area contributed by atoms with Crippen LogP contribution in [0.2, 0.25) is 0 Å². The molecule has 1 aliphatic rings. The second-order valence-electron chi connectivity index (χ2n) is 2.81. The normalized spacial score (nSPS) is 23.5. The average Bonchev–Trinajstić information content (AvgIpc) is 2.07. The van der Waals surface area contributed by atoms with Gasteiger partial charge in [0.2, 0.25) is 0 Å². The van der Waals surface area contributed by atoms with Crippen LogP contribution < -0.4 is 0 Å². The van der Waals surface area contributed by atoms with Crippen molar-refractivity contribution in [2.75, 3.05) is 0 Å². The first kappa shape index (κ1) is 8.97. The van der Waals surface area contributed by atoms with Gasteiger partial charge in [-0.15, -0.1) is 6.58 Å². The molecule has 1 heterocycles. The highest BCUT2D eigenvalue weighted by molar-refractivity contribution is 5.91. The molecule has 66 valence electrons. The number of carbonyl (C=O) groups is 2. The standard InChI is InChI=1S/C9H12O3/c1-2-3-4-8-7(10)5-6-9(11)12-8/h2,8H,1,3-6H2/t8-/m0/s1. The zero-order valence-corrected chi connectivity index (χ0v) is 6.91. The Hall–Kier alpha value is -1.12. The SMILES string of the molecule is C=CCC[C@@H]1OC(=O)CCC1=O. The highest BCUT2D eigenvalue weighted by Gasteiger charge is 2.27. The highest BCUT2D eigenvalue weighted by atomic mass is 16.5. The van der Waals surface area contributed by atoms with Crippen LogP contribution in [0.15, 0.2) is 12.7 Å². The van der Waals surface area contributed by atoms with Crippen molar-refractivity contribution in [2.45, 2.75) is 31.8 Å². The molecule has 0 aromatic rings. The Bertz CT molecular complexity index is 208. The van der Waals surface area contributed by atoms with E-state index < -0.39 is 6.10 Å². The molecule has 3 heteroatoms. The maximum absolute atomic E-state index is 11.1. The number of Topliss-reactive ketones (excluding diaryl/α,β-unsaturated/α-hetero) is 1. The topological polar surface area (TPSA) is 43.4 Å². The minimum Gasteiger partial charge on any atom is -0.454 e. The van der Waals surface area contributed by atoms with Gasteiger partial charge in [0.15, 0.2) is 11.9 Å². The summed E-state index contributed by atoms with van der Waals surface area (Å²) < 4.78 is 4.86. The van der Waals surface area contributed by atoms with Crippen LogP contribution in [0.1, 0.15) is 25.7 Å².